The third kappa shape index (κ3) is 4.66. The molecule has 0 fully saturated rings. The molecule has 0 saturated heterocycles. The van der Waals surface area contributed by atoms with E-state index in [2.05, 4.69) is 45.1 Å². The fourth-order valence-corrected chi connectivity index (χ4v) is 4.53. The van der Waals surface area contributed by atoms with Gasteiger partial charge < -0.3 is 14.9 Å². The first-order chi connectivity index (χ1) is 14.3. The summed E-state index contributed by atoms with van der Waals surface area (Å²) >= 11 is 0. The molecule has 0 spiro atoms. The highest BCUT2D eigenvalue weighted by molar-refractivity contribution is 6.01. The molecule has 160 valence electrons. The van der Waals surface area contributed by atoms with Crippen molar-refractivity contribution in [2.75, 3.05) is 7.11 Å². The molecule has 0 radical (unpaired) electrons. The van der Waals surface area contributed by atoms with Gasteiger partial charge >= 0.3 is 0 Å². The molecule has 0 amide bonds. The molecule has 0 aromatic heterocycles. The van der Waals surface area contributed by atoms with Crippen LogP contribution in [0.1, 0.15) is 51.5 Å². The first kappa shape index (κ1) is 22.3. The zero-order valence-corrected chi connectivity index (χ0v) is 18.3. The monoisotopic (exact) mass is 408 g/mol. The number of ether oxygens (including phenoxy) is 1. The predicted molar refractivity (Wildman–Crippen MR) is 119 cm³/mol. The Hall–Kier alpha value is -2.43. The summed E-state index contributed by atoms with van der Waals surface area (Å²) in [4.78, 5) is 13.8. The number of hydrogen-bond acceptors (Lipinski definition) is 4. The van der Waals surface area contributed by atoms with Crippen LogP contribution in [0.5, 0.6) is 0 Å². The zero-order valence-electron chi connectivity index (χ0n) is 18.3. The van der Waals surface area contributed by atoms with Gasteiger partial charge in [-0.05, 0) is 51.0 Å². The predicted octanol–water partition coefficient (Wildman–Crippen LogP) is 5.39. The lowest BCUT2D eigenvalue weighted by atomic mass is 9.65. The number of carbonyl (C=O) groups is 1. The van der Waals surface area contributed by atoms with Crippen LogP contribution in [-0.4, -0.2) is 28.9 Å². The van der Waals surface area contributed by atoms with Crippen LogP contribution in [0, 0.1) is 11.8 Å². The number of rotatable bonds is 6. The third-order valence-corrected chi connectivity index (χ3v) is 6.31. The van der Waals surface area contributed by atoms with Crippen molar-refractivity contribution in [3.05, 3.63) is 82.7 Å². The van der Waals surface area contributed by atoms with Crippen LogP contribution in [0.3, 0.4) is 0 Å². The van der Waals surface area contributed by atoms with Gasteiger partial charge in [-0.1, -0.05) is 59.7 Å². The maximum atomic E-state index is 13.8. The Kier molecular flexibility index (Phi) is 6.79. The lowest BCUT2D eigenvalue weighted by Gasteiger charge is -2.38. The first-order valence-electron chi connectivity index (χ1n) is 10.5. The van der Waals surface area contributed by atoms with E-state index in [4.69, 9.17) is 4.74 Å². The molecule has 3 rings (SSSR count). The summed E-state index contributed by atoms with van der Waals surface area (Å²) < 4.78 is 5.06. The Labute approximate surface area is 179 Å². The van der Waals surface area contributed by atoms with Gasteiger partial charge in [0.05, 0.1) is 5.57 Å². The minimum absolute atomic E-state index is 0.0369. The number of hydrogen-bond donors (Lipinski definition) is 2. The Morgan fingerprint density at radius 1 is 1.23 bits per heavy atom. The van der Waals surface area contributed by atoms with Crippen LogP contribution in [0.4, 0.5) is 0 Å². The normalized spacial score (nSPS) is 28.8. The van der Waals surface area contributed by atoms with Crippen molar-refractivity contribution < 1.29 is 19.7 Å². The summed E-state index contributed by atoms with van der Waals surface area (Å²) in [5.41, 5.74) is 3.85. The molecule has 30 heavy (non-hydrogen) atoms. The SMILES string of the molecule is COC1(O)C=C(O)C(C(=O)C2C(CC=C(C)C)C(C)=CCC2c2ccccc2)=CC1. The average Bonchev–Trinajstić information content (AvgIpc) is 2.72. The van der Waals surface area contributed by atoms with Gasteiger partial charge in [0, 0.05) is 25.5 Å². The molecule has 2 aliphatic carbocycles. The van der Waals surface area contributed by atoms with E-state index < -0.39 is 5.79 Å². The first-order valence-corrected chi connectivity index (χ1v) is 10.5. The minimum Gasteiger partial charge on any atom is -0.507 e. The van der Waals surface area contributed by atoms with E-state index in [1.165, 1.54) is 24.3 Å². The van der Waals surface area contributed by atoms with Crippen molar-refractivity contribution in [1.82, 2.24) is 0 Å². The number of allylic oxidation sites excluding steroid dienone is 5. The average molecular weight is 409 g/mol. The molecule has 4 unspecified atom stereocenters. The number of carbonyl (C=O) groups excluding carboxylic acids is 1. The number of aliphatic hydroxyl groups excluding tert-OH is 1. The van der Waals surface area contributed by atoms with E-state index in [0.29, 0.717) is 0 Å². The summed E-state index contributed by atoms with van der Waals surface area (Å²) in [6, 6.07) is 10.1. The summed E-state index contributed by atoms with van der Waals surface area (Å²) in [7, 11) is 1.38. The van der Waals surface area contributed by atoms with E-state index in [-0.39, 0.29) is 41.3 Å². The Morgan fingerprint density at radius 2 is 1.93 bits per heavy atom. The molecule has 1 aromatic rings. The topological polar surface area (TPSA) is 66.8 Å². The Balaban J connectivity index is 2.02. The van der Waals surface area contributed by atoms with E-state index >= 15 is 0 Å². The number of methoxy groups -OCH3 is 1. The molecule has 4 nitrogen and oxygen atoms in total. The lowest BCUT2D eigenvalue weighted by Crippen LogP contribution is -2.37. The highest BCUT2D eigenvalue weighted by Gasteiger charge is 2.42. The van der Waals surface area contributed by atoms with Crippen molar-refractivity contribution in [3.63, 3.8) is 0 Å². The second kappa shape index (κ2) is 9.15. The smallest absolute Gasteiger partial charge is 0.192 e. The minimum atomic E-state index is -1.57. The zero-order chi connectivity index (χ0) is 21.9. The molecule has 0 heterocycles. The summed E-state index contributed by atoms with van der Waals surface area (Å²) in [5.74, 6) is -2.05. The fraction of sp³-hybridized carbons (Fsp3) is 0.423. The summed E-state index contributed by atoms with van der Waals surface area (Å²) in [6.07, 6.45) is 8.97. The fourth-order valence-electron chi connectivity index (χ4n) is 4.53. The Morgan fingerprint density at radius 3 is 2.53 bits per heavy atom. The van der Waals surface area contributed by atoms with Crippen LogP contribution in [-0.2, 0) is 9.53 Å². The number of Topliss-reactive ketones (excluding diaryl/α,β-unsaturated/α-hetero) is 1. The molecule has 2 N–H and O–H groups in total. The van der Waals surface area contributed by atoms with Crippen LogP contribution in [0.25, 0.3) is 0 Å². The molecular weight excluding hydrogens is 376 g/mol. The van der Waals surface area contributed by atoms with Crippen LogP contribution >= 0.6 is 0 Å². The molecule has 0 bridgehead atoms. The molecular formula is C26H32O4. The summed E-state index contributed by atoms with van der Waals surface area (Å²) in [5, 5.41) is 20.9. The van der Waals surface area contributed by atoms with E-state index in [9.17, 15) is 15.0 Å². The molecule has 1 aromatic carbocycles. The molecule has 4 atom stereocenters. The Bertz CT molecular complexity index is 902. The van der Waals surface area contributed by atoms with Gasteiger partial charge in [-0.25, -0.2) is 0 Å². The van der Waals surface area contributed by atoms with Gasteiger partial charge in [0.2, 0.25) is 0 Å². The largest absolute Gasteiger partial charge is 0.507 e. The maximum absolute atomic E-state index is 13.8. The quantitative estimate of drug-likeness (QED) is 0.489. The third-order valence-electron chi connectivity index (χ3n) is 6.31. The second-order valence-corrected chi connectivity index (χ2v) is 8.62. The number of benzene rings is 1. The molecule has 0 saturated carbocycles. The second-order valence-electron chi connectivity index (χ2n) is 8.62. The maximum Gasteiger partial charge on any atom is 0.192 e. The van der Waals surface area contributed by atoms with Crippen LogP contribution in [0.15, 0.2) is 77.1 Å². The van der Waals surface area contributed by atoms with Gasteiger partial charge in [0.25, 0.3) is 0 Å². The van der Waals surface area contributed by atoms with E-state index in [0.717, 1.165) is 18.4 Å². The number of ketones is 1. The van der Waals surface area contributed by atoms with Gasteiger partial charge in [-0.3, -0.25) is 4.79 Å². The molecule has 2 aliphatic rings. The van der Waals surface area contributed by atoms with Crippen molar-refractivity contribution in [2.45, 2.75) is 51.7 Å². The lowest BCUT2D eigenvalue weighted by molar-refractivity contribution is -0.145. The highest BCUT2D eigenvalue weighted by Crippen LogP contribution is 2.45. The highest BCUT2D eigenvalue weighted by atomic mass is 16.6. The van der Waals surface area contributed by atoms with Crippen molar-refractivity contribution >= 4 is 5.78 Å². The number of aliphatic hydroxyl groups is 2. The van der Waals surface area contributed by atoms with Gasteiger partial charge in [0.1, 0.15) is 5.76 Å². The van der Waals surface area contributed by atoms with Crippen LogP contribution < -0.4 is 0 Å². The molecule has 4 heteroatoms. The van der Waals surface area contributed by atoms with Crippen LogP contribution in [0.2, 0.25) is 0 Å². The van der Waals surface area contributed by atoms with Crippen molar-refractivity contribution in [3.8, 4) is 0 Å². The molecule has 0 aliphatic heterocycles. The van der Waals surface area contributed by atoms with Crippen molar-refractivity contribution in [2.24, 2.45) is 11.8 Å². The van der Waals surface area contributed by atoms with Gasteiger partial charge in [-0.15, -0.1) is 0 Å². The summed E-state index contributed by atoms with van der Waals surface area (Å²) in [6.45, 7) is 6.23. The van der Waals surface area contributed by atoms with Crippen molar-refractivity contribution in [1.29, 1.82) is 0 Å². The van der Waals surface area contributed by atoms with Gasteiger partial charge in [0.15, 0.2) is 11.6 Å². The standard InChI is InChI=1S/C26H32O4/c1-17(2)10-12-20-18(3)11-13-21(19-8-6-5-7-9-19)24(20)25(28)22-14-15-26(29,30-4)16-23(22)27/h5-11,14,16,20-21,24,27,29H,12-13,15H2,1-4H3. The van der Waals surface area contributed by atoms with E-state index in [1.54, 1.807) is 6.08 Å². The van der Waals surface area contributed by atoms with Gasteiger partial charge in [-0.2, -0.15) is 0 Å². The van der Waals surface area contributed by atoms with E-state index in [1.807, 2.05) is 18.2 Å².